The number of nitrogens with one attached hydrogen (secondary N) is 1. The third-order valence-corrected chi connectivity index (χ3v) is 7.41. The number of hydrogen-bond donors (Lipinski definition) is 1. The Morgan fingerprint density at radius 3 is 2.32 bits per heavy atom. The van der Waals surface area contributed by atoms with Crippen LogP contribution in [0.25, 0.3) is 10.9 Å². The Kier molecular flexibility index (Phi) is 6.90. The number of rotatable bonds is 4. The molecule has 2 aliphatic rings. The van der Waals surface area contributed by atoms with Gasteiger partial charge in [0.05, 0.1) is 17.4 Å². The van der Waals surface area contributed by atoms with E-state index in [1.807, 2.05) is 4.90 Å². The Bertz CT molecular complexity index is 1470. The molecule has 0 bridgehead atoms. The van der Waals surface area contributed by atoms with Gasteiger partial charge in [-0.1, -0.05) is 19.3 Å². The van der Waals surface area contributed by atoms with Gasteiger partial charge in [-0.3, -0.25) is 23.9 Å². The van der Waals surface area contributed by atoms with E-state index < -0.39 is 22.9 Å². The summed E-state index contributed by atoms with van der Waals surface area (Å²) in [5.74, 6) is -1.28. The summed E-state index contributed by atoms with van der Waals surface area (Å²) in [7, 11) is 0. The lowest BCUT2D eigenvalue weighted by Gasteiger charge is -2.37. The summed E-state index contributed by atoms with van der Waals surface area (Å²) in [6.45, 7) is 1.45. The summed E-state index contributed by atoms with van der Waals surface area (Å²) in [6, 6.07) is 7.38. The second-order valence-corrected chi connectivity index (χ2v) is 9.77. The van der Waals surface area contributed by atoms with E-state index in [9.17, 15) is 28.0 Å². The number of nitrogens with zero attached hydrogens (tertiary/aromatic N) is 3. The van der Waals surface area contributed by atoms with Gasteiger partial charge in [-0.05, 0) is 49.2 Å². The Morgan fingerprint density at radius 1 is 0.892 bits per heavy atom. The van der Waals surface area contributed by atoms with Gasteiger partial charge >= 0.3 is 5.69 Å². The smallest absolute Gasteiger partial charge is 0.329 e. The van der Waals surface area contributed by atoms with Crippen LogP contribution in [-0.2, 0) is 11.3 Å². The predicted molar refractivity (Wildman–Crippen MR) is 133 cm³/mol. The second kappa shape index (κ2) is 10.3. The number of amides is 2. The maximum absolute atomic E-state index is 14.7. The van der Waals surface area contributed by atoms with Crippen LogP contribution >= 0.6 is 0 Å². The first-order valence-electron chi connectivity index (χ1n) is 12.6. The molecule has 2 heterocycles. The van der Waals surface area contributed by atoms with Crippen molar-refractivity contribution < 1.29 is 18.4 Å². The zero-order chi connectivity index (χ0) is 26.1. The van der Waals surface area contributed by atoms with E-state index in [1.165, 1.54) is 30.7 Å². The van der Waals surface area contributed by atoms with Crippen LogP contribution in [0.1, 0.15) is 48.0 Å². The van der Waals surface area contributed by atoms with Crippen molar-refractivity contribution in [1.82, 2.24) is 19.4 Å². The van der Waals surface area contributed by atoms with Crippen molar-refractivity contribution in [2.75, 3.05) is 26.2 Å². The van der Waals surface area contributed by atoms with Gasteiger partial charge in [0.15, 0.2) is 0 Å². The highest BCUT2D eigenvalue weighted by Crippen LogP contribution is 2.26. The summed E-state index contributed by atoms with van der Waals surface area (Å²) in [5, 5.41) is -0.0344. The highest BCUT2D eigenvalue weighted by atomic mass is 19.1. The third kappa shape index (κ3) is 5.05. The monoisotopic (exact) mass is 510 g/mol. The van der Waals surface area contributed by atoms with Crippen molar-refractivity contribution in [3.8, 4) is 0 Å². The first-order valence-corrected chi connectivity index (χ1v) is 12.6. The van der Waals surface area contributed by atoms with Gasteiger partial charge in [-0.15, -0.1) is 0 Å². The lowest BCUT2D eigenvalue weighted by atomic mass is 9.88. The van der Waals surface area contributed by atoms with E-state index >= 15 is 0 Å². The van der Waals surface area contributed by atoms with Crippen LogP contribution in [-0.4, -0.2) is 57.3 Å². The number of piperazine rings is 1. The molecule has 1 aliphatic heterocycles. The molecule has 1 saturated heterocycles. The number of halogens is 2. The van der Waals surface area contributed by atoms with Crippen molar-refractivity contribution >= 4 is 22.7 Å². The Labute approximate surface area is 211 Å². The van der Waals surface area contributed by atoms with Crippen molar-refractivity contribution in [1.29, 1.82) is 0 Å². The molecule has 1 saturated carbocycles. The molecule has 10 heteroatoms. The lowest BCUT2D eigenvalue weighted by molar-refractivity contribution is -0.138. The number of benzene rings is 2. The maximum atomic E-state index is 14.7. The molecule has 1 aromatic heterocycles. The summed E-state index contributed by atoms with van der Waals surface area (Å²) in [4.78, 5) is 56.3. The Hall–Kier alpha value is -3.82. The fourth-order valence-electron chi connectivity index (χ4n) is 5.34. The number of carbonyl (C=O) groups is 2. The highest BCUT2D eigenvalue weighted by Gasteiger charge is 2.30. The van der Waals surface area contributed by atoms with E-state index in [-0.39, 0.29) is 46.3 Å². The van der Waals surface area contributed by atoms with E-state index in [0.29, 0.717) is 26.2 Å². The van der Waals surface area contributed by atoms with Gasteiger partial charge in [0.2, 0.25) is 5.91 Å². The molecule has 1 N–H and O–H groups in total. The largest absolute Gasteiger partial charge is 0.339 e. The maximum Gasteiger partial charge on any atom is 0.329 e. The molecule has 37 heavy (non-hydrogen) atoms. The molecule has 194 valence electrons. The molecule has 2 amide bonds. The molecule has 0 radical (unpaired) electrons. The van der Waals surface area contributed by atoms with Crippen LogP contribution in [0.5, 0.6) is 0 Å². The SMILES string of the molecule is O=C(c1ccc(F)c(Cn2c(=O)[nH]c(=O)c3cc(F)ccc32)c1)N1CCN(C(=O)C2CCCCC2)CC1. The minimum atomic E-state index is -0.765. The predicted octanol–water partition coefficient (Wildman–Crippen LogP) is 2.88. The van der Waals surface area contributed by atoms with Gasteiger partial charge in [-0.25, -0.2) is 13.6 Å². The minimum absolute atomic E-state index is 0.0344. The number of hydrogen-bond acceptors (Lipinski definition) is 4. The summed E-state index contributed by atoms with van der Waals surface area (Å²) < 4.78 is 29.5. The lowest BCUT2D eigenvalue weighted by Crippen LogP contribution is -2.52. The van der Waals surface area contributed by atoms with E-state index in [0.717, 1.165) is 42.4 Å². The van der Waals surface area contributed by atoms with Gasteiger partial charge < -0.3 is 9.80 Å². The Morgan fingerprint density at radius 2 is 1.59 bits per heavy atom. The van der Waals surface area contributed by atoms with Crippen LogP contribution in [0, 0.1) is 17.6 Å². The quantitative estimate of drug-likeness (QED) is 0.584. The normalized spacial score (nSPS) is 16.8. The zero-order valence-corrected chi connectivity index (χ0v) is 20.3. The molecule has 0 spiro atoms. The summed E-state index contributed by atoms with van der Waals surface area (Å²) >= 11 is 0. The van der Waals surface area contributed by atoms with Crippen LogP contribution in [0.4, 0.5) is 8.78 Å². The molecular formula is C27H28F2N4O4. The first-order chi connectivity index (χ1) is 17.8. The van der Waals surface area contributed by atoms with Crippen LogP contribution in [0.2, 0.25) is 0 Å². The zero-order valence-electron chi connectivity index (χ0n) is 20.3. The number of aromatic nitrogens is 2. The van der Waals surface area contributed by atoms with Crippen LogP contribution in [0.15, 0.2) is 46.0 Å². The van der Waals surface area contributed by atoms with Crippen molar-refractivity contribution in [2.45, 2.75) is 38.6 Å². The van der Waals surface area contributed by atoms with Gasteiger partial charge in [0.1, 0.15) is 11.6 Å². The minimum Gasteiger partial charge on any atom is -0.339 e. The average molecular weight is 511 g/mol. The molecule has 5 rings (SSSR count). The molecule has 8 nitrogen and oxygen atoms in total. The van der Waals surface area contributed by atoms with Crippen molar-refractivity contribution in [2.24, 2.45) is 5.92 Å². The molecule has 2 fully saturated rings. The fraction of sp³-hybridized carbons (Fsp3) is 0.407. The topological polar surface area (TPSA) is 95.5 Å². The van der Waals surface area contributed by atoms with Crippen molar-refractivity contribution in [3.05, 3.63) is 80.0 Å². The molecule has 0 atom stereocenters. The highest BCUT2D eigenvalue weighted by molar-refractivity contribution is 5.94. The van der Waals surface area contributed by atoms with E-state index in [1.54, 1.807) is 4.90 Å². The molecule has 1 aliphatic carbocycles. The average Bonchev–Trinajstić information content (AvgIpc) is 2.92. The summed E-state index contributed by atoms with van der Waals surface area (Å²) in [6.07, 6.45) is 5.20. The fourth-order valence-corrected chi connectivity index (χ4v) is 5.34. The third-order valence-electron chi connectivity index (χ3n) is 7.41. The summed E-state index contributed by atoms with van der Waals surface area (Å²) in [5.41, 5.74) is -1.00. The molecular weight excluding hydrogens is 482 g/mol. The van der Waals surface area contributed by atoms with Crippen LogP contribution in [0.3, 0.4) is 0 Å². The number of carbonyl (C=O) groups excluding carboxylic acids is 2. The molecule has 2 aromatic carbocycles. The number of H-pyrrole nitrogens is 1. The van der Waals surface area contributed by atoms with E-state index in [4.69, 9.17) is 0 Å². The van der Waals surface area contributed by atoms with Crippen LogP contribution < -0.4 is 11.2 Å². The second-order valence-electron chi connectivity index (χ2n) is 9.77. The van der Waals surface area contributed by atoms with Crippen molar-refractivity contribution in [3.63, 3.8) is 0 Å². The molecule has 0 unspecified atom stereocenters. The van der Waals surface area contributed by atoms with E-state index in [2.05, 4.69) is 4.98 Å². The standard InChI is InChI=1S/C27H28F2N4O4/c28-20-7-9-23-21(15-20)24(34)30-27(37)33(23)16-19-14-18(6-8-22(19)29)26(36)32-12-10-31(11-13-32)25(35)17-4-2-1-3-5-17/h6-9,14-15,17H,1-5,10-13,16H2,(H,30,34,37). The first kappa shape index (κ1) is 24.9. The molecule has 3 aromatic rings. The number of aromatic amines is 1. The van der Waals surface area contributed by atoms with Gasteiger partial charge in [0, 0.05) is 43.2 Å². The van der Waals surface area contributed by atoms with Gasteiger partial charge in [0.25, 0.3) is 11.5 Å². The Balaban J connectivity index is 1.33. The number of fused-ring (bicyclic) bond motifs is 1. The van der Waals surface area contributed by atoms with Gasteiger partial charge in [-0.2, -0.15) is 0 Å².